The Morgan fingerprint density at radius 3 is 2.91 bits per heavy atom. The predicted octanol–water partition coefficient (Wildman–Crippen LogP) is 3.24. The van der Waals surface area contributed by atoms with Gasteiger partial charge in [-0.25, -0.2) is 4.98 Å². The van der Waals surface area contributed by atoms with Crippen LogP contribution in [0.3, 0.4) is 0 Å². The molecule has 6 heteroatoms. The van der Waals surface area contributed by atoms with Gasteiger partial charge in [0.05, 0.1) is 10.7 Å². The highest BCUT2D eigenvalue weighted by Gasteiger charge is 2.08. The number of nitrogens with zero attached hydrogens (tertiary/aromatic N) is 2. The average molecular weight is 350 g/mol. The van der Waals surface area contributed by atoms with E-state index in [0.717, 1.165) is 22.8 Å². The number of aromatic nitrogens is 1. The highest BCUT2D eigenvalue weighted by molar-refractivity contribution is 7.13. The summed E-state index contributed by atoms with van der Waals surface area (Å²) in [4.78, 5) is 18.2. The van der Waals surface area contributed by atoms with Gasteiger partial charge in [-0.3, -0.25) is 4.79 Å². The second-order valence-corrected chi connectivity index (χ2v) is 6.59. The minimum atomic E-state index is -0.0755. The predicted molar refractivity (Wildman–Crippen MR) is 97.0 cm³/mol. The van der Waals surface area contributed by atoms with Gasteiger partial charge in [0.2, 0.25) is 5.91 Å². The molecule has 0 bridgehead atoms. The summed E-state index contributed by atoms with van der Waals surface area (Å²) < 4.78 is 0. The molecule has 23 heavy (non-hydrogen) atoms. The Morgan fingerprint density at radius 1 is 1.39 bits per heavy atom. The number of amides is 1. The van der Waals surface area contributed by atoms with Crippen LogP contribution in [-0.4, -0.2) is 43.0 Å². The summed E-state index contributed by atoms with van der Waals surface area (Å²) >= 11 is 7.75. The first-order chi connectivity index (χ1) is 11.1. The smallest absolute Gasteiger partial charge is 0.243 e. The lowest BCUT2D eigenvalue weighted by molar-refractivity contribution is -0.116. The van der Waals surface area contributed by atoms with Crippen LogP contribution in [0, 0.1) is 0 Å². The van der Waals surface area contributed by atoms with E-state index in [1.54, 1.807) is 17.4 Å². The van der Waals surface area contributed by atoms with E-state index in [2.05, 4.69) is 10.3 Å². The second-order valence-electron chi connectivity index (χ2n) is 5.33. The molecule has 1 heterocycles. The summed E-state index contributed by atoms with van der Waals surface area (Å²) in [5.74, 6) is -0.0755. The minimum Gasteiger partial charge on any atom is -0.352 e. The number of rotatable bonds is 7. The fraction of sp³-hybridized carbons (Fsp3) is 0.294. The molecule has 4 nitrogen and oxygen atoms in total. The molecular formula is C17H20ClN3OS. The zero-order valence-electron chi connectivity index (χ0n) is 13.3. The summed E-state index contributed by atoms with van der Waals surface area (Å²) in [5, 5.41) is 6.47. The lowest BCUT2D eigenvalue weighted by atomic mass is 10.2. The topological polar surface area (TPSA) is 45.2 Å². The van der Waals surface area contributed by atoms with Gasteiger partial charge in [0.25, 0.3) is 0 Å². The number of nitrogens with one attached hydrogen (secondary N) is 1. The molecule has 0 saturated heterocycles. The standard InChI is InChI=1S/C17H20ClN3OS/c1-21(2)11-5-8-16(22)19-10-9-13-12-23-17(20-13)14-6-3-4-7-15(14)18/h3-8,12H,9-11H2,1-2H3,(H,19,22)/b8-5+. The monoisotopic (exact) mass is 349 g/mol. The quantitative estimate of drug-likeness (QED) is 0.780. The third kappa shape index (κ3) is 5.78. The van der Waals surface area contributed by atoms with Crippen LogP contribution in [0.25, 0.3) is 10.6 Å². The van der Waals surface area contributed by atoms with E-state index < -0.39 is 0 Å². The molecule has 0 atom stereocenters. The molecule has 1 aromatic carbocycles. The molecule has 122 valence electrons. The summed E-state index contributed by atoms with van der Waals surface area (Å²) in [6, 6.07) is 7.67. The van der Waals surface area contributed by atoms with Crippen LogP contribution in [0.1, 0.15) is 5.69 Å². The van der Waals surface area contributed by atoms with Crippen molar-refractivity contribution in [1.82, 2.24) is 15.2 Å². The Bertz CT molecular complexity index is 682. The van der Waals surface area contributed by atoms with E-state index in [0.29, 0.717) is 18.0 Å². The zero-order chi connectivity index (χ0) is 16.7. The van der Waals surface area contributed by atoms with Gasteiger partial charge in [0, 0.05) is 36.5 Å². The second kappa shape index (κ2) is 8.82. The number of likely N-dealkylation sites (N-methyl/N-ethyl adjacent to an activating group) is 1. The molecule has 0 aliphatic carbocycles. The number of hydrogen-bond donors (Lipinski definition) is 1. The third-order valence-electron chi connectivity index (χ3n) is 3.08. The van der Waals surface area contributed by atoms with Crippen LogP contribution < -0.4 is 5.32 Å². The minimum absolute atomic E-state index is 0.0755. The van der Waals surface area contributed by atoms with Crippen molar-refractivity contribution >= 4 is 28.8 Å². The number of thiazole rings is 1. The Hall–Kier alpha value is -1.69. The van der Waals surface area contributed by atoms with Crippen LogP contribution in [0.15, 0.2) is 41.8 Å². The molecule has 0 unspecified atom stereocenters. The fourth-order valence-corrected chi connectivity index (χ4v) is 3.10. The van der Waals surface area contributed by atoms with E-state index >= 15 is 0 Å². The molecule has 2 aromatic rings. The zero-order valence-corrected chi connectivity index (χ0v) is 14.8. The first kappa shape index (κ1) is 17.7. The molecule has 2 rings (SSSR count). The molecule has 1 aromatic heterocycles. The van der Waals surface area contributed by atoms with Crippen molar-refractivity contribution in [3.05, 3.63) is 52.5 Å². The van der Waals surface area contributed by atoms with Crippen LogP contribution in [-0.2, 0) is 11.2 Å². The SMILES string of the molecule is CN(C)C/C=C/C(=O)NCCc1csc(-c2ccccc2Cl)n1. The highest BCUT2D eigenvalue weighted by Crippen LogP contribution is 2.30. The average Bonchev–Trinajstić information content (AvgIpc) is 2.96. The highest BCUT2D eigenvalue weighted by atomic mass is 35.5. The Labute approximate surface area is 145 Å². The number of benzene rings is 1. The Kier molecular flexibility index (Phi) is 6.77. The largest absolute Gasteiger partial charge is 0.352 e. The van der Waals surface area contributed by atoms with Crippen molar-refractivity contribution in [1.29, 1.82) is 0 Å². The van der Waals surface area contributed by atoms with E-state index in [4.69, 9.17) is 11.6 Å². The van der Waals surface area contributed by atoms with Gasteiger partial charge < -0.3 is 10.2 Å². The first-order valence-corrected chi connectivity index (χ1v) is 8.60. The van der Waals surface area contributed by atoms with Crippen molar-refractivity contribution < 1.29 is 4.79 Å². The maximum absolute atomic E-state index is 11.6. The van der Waals surface area contributed by atoms with Gasteiger partial charge in [0.1, 0.15) is 5.01 Å². The molecule has 0 aliphatic rings. The maximum Gasteiger partial charge on any atom is 0.243 e. The van der Waals surface area contributed by atoms with Crippen LogP contribution in [0.2, 0.25) is 5.02 Å². The lowest BCUT2D eigenvalue weighted by Gasteiger charge is -2.04. The number of carbonyl (C=O) groups is 1. The number of carbonyl (C=O) groups excluding carboxylic acids is 1. The number of halogens is 1. The molecule has 1 N–H and O–H groups in total. The first-order valence-electron chi connectivity index (χ1n) is 7.34. The van der Waals surface area contributed by atoms with Crippen molar-refractivity contribution in [2.24, 2.45) is 0 Å². The Morgan fingerprint density at radius 2 is 2.17 bits per heavy atom. The van der Waals surface area contributed by atoms with Gasteiger partial charge in [-0.2, -0.15) is 0 Å². The normalized spacial score (nSPS) is 11.3. The molecule has 0 aliphatic heterocycles. The van der Waals surface area contributed by atoms with Crippen LogP contribution in [0.4, 0.5) is 0 Å². The Balaban J connectivity index is 1.83. The number of hydrogen-bond acceptors (Lipinski definition) is 4. The summed E-state index contributed by atoms with van der Waals surface area (Å²) in [5.41, 5.74) is 1.91. The fourth-order valence-electron chi connectivity index (χ4n) is 1.92. The molecule has 0 spiro atoms. The molecule has 1 amide bonds. The van der Waals surface area contributed by atoms with Gasteiger partial charge in [0.15, 0.2) is 0 Å². The van der Waals surface area contributed by atoms with Gasteiger partial charge >= 0.3 is 0 Å². The molecule has 0 saturated carbocycles. The van der Waals surface area contributed by atoms with Gasteiger partial charge in [-0.05, 0) is 20.2 Å². The lowest BCUT2D eigenvalue weighted by Crippen LogP contribution is -2.24. The van der Waals surface area contributed by atoms with Crippen molar-refractivity contribution in [3.63, 3.8) is 0 Å². The summed E-state index contributed by atoms with van der Waals surface area (Å²) in [6.45, 7) is 1.32. The summed E-state index contributed by atoms with van der Waals surface area (Å²) in [6.07, 6.45) is 4.11. The van der Waals surface area contributed by atoms with E-state index in [1.165, 1.54) is 0 Å². The molecule has 0 fully saturated rings. The summed E-state index contributed by atoms with van der Waals surface area (Å²) in [7, 11) is 3.92. The maximum atomic E-state index is 11.6. The van der Waals surface area contributed by atoms with Gasteiger partial charge in [-0.15, -0.1) is 11.3 Å². The van der Waals surface area contributed by atoms with Crippen LogP contribution in [0.5, 0.6) is 0 Å². The van der Waals surface area contributed by atoms with E-state index in [1.807, 2.05) is 54.7 Å². The van der Waals surface area contributed by atoms with E-state index in [-0.39, 0.29) is 5.91 Å². The third-order valence-corrected chi connectivity index (χ3v) is 4.33. The van der Waals surface area contributed by atoms with E-state index in [9.17, 15) is 4.79 Å². The van der Waals surface area contributed by atoms with Crippen molar-refractivity contribution in [3.8, 4) is 10.6 Å². The molecule has 0 radical (unpaired) electrons. The van der Waals surface area contributed by atoms with Crippen molar-refractivity contribution in [2.75, 3.05) is 27.2 Å². The van der Waals surface area contributed by atoms with Crippen LogP contribution >= 0.6 is 22.9 Å². The van der Waals surface area contributed by atoms with Crippen molar-refractivity contribution in [2.45, 2.75) is 6.42 Å². The van der Waals surface area contributed by atoms with Gasteiger partial charge in [-0.1, -0.05) is 35.9 Å². The molecular weight excluding hydrogens is 330 g/mol.